The molecule has 0 fully saturated rings. The number of hydrogen-bond acceptors (Lipinski definition) is 2. The molecule has 2 rings (SSSR count). The fraction of sp³-hybridized carbons (Fsp3) is 0. The van der Waals surface area contributed by atoms with Crippen LogP contribution in [-0.4, -0.2) is 6.21 Å². The number of allylic oxidation sites excluding steroid dienone is 1. The minimum atomic E-state index is 0. The number of halogens is 6. The molecule has 0 aliphatic rings. The lowest BCUT2D eigenvalue weighted by atomic mass is 10.3. The molecule has 2 aromatic rings. The van der Waals surface area contributed by atoms with Gasteiger partial charge in [0.25, 0.3) is 0 Å². The summed E-state index contributed by atoms with van der Waals surface area (Å²) in [6.45, 7) is 0. The molecule has 0 atom stereocenters. The van der Waals surface area contributed by atoms with Crippen LogP contribution in [0.4, 0.5) is 11.4 Å². The second kappa shape index (κ2) is 9.63. The third-order valence-corrected chi connectivity index (χ3v) is 3.50. The summed E-state index contributed by atoms with van der Waals surface area (Å²) in [6.07, 6.45) is 3.04. The molecule has 1 N–H and O–H groups in total. The van der Waals surface area contributed by atoms with Crippen molar-refractivity contribution in [1.29, 1.82) is 0 Å². The fourth-order valence-corrected chi connectivity index (χ4v) is 2.72. The number of nitrogens with zero attached hydrogens (tertiary/aromatic N) is 1. The number of aliphatic imine (C=N–C) groups is 1. The molecule has 0 saturated carbocycles. The lowest BCUT2D eigenvalue weighted by Gasteiger charge is -2.02. The Kier molecular flexibility index (Phi) is 8.56. The highest BCUT2D eigenvalue weighted by Gasteiger charge is 1.98. The highest BCUT2D eigenvalue weighted by atomic mass is 35.5. The molecule has 0 radical (unpaired) electrons. The SMILES string of the molecule is Cl.Cl/C(C=Nc1cc(Cl)cc(Cl)c1)=C/Nc1cc(Cl)cc(Cl)c1. The Labute approximate surface area is 165 Å². The molecule has 0 amide bonds. The van der Waals surface area contributed by atoms with Gasteiger partial charge in [-0.1, -0.05) is 58.0 Å². The molecule has 0 bridgehead atoms. The van der Waals surface area contributed by atoms with Gasteiger partial charge in [-0.15, -0.1) is 12.4 Å². The van der Waals surface area contributed by atoms with E-state index in [9.17, 15) is 0 Å². The summed E-state index contributed by atoms with van der Waals surface area (Å²) in [4.78, 5) is 4.19. The summed E-state index contributed by atoms with van der Waals surface area (Å²) >= 11 is 29.7. The normalized spacial score (nSPS) is 11.4. The van der Waals surface area contributed by atoms with Crippen LogP contribution in [0.1, 0.15) is 0 Å². The average molecular weight is 431 g/mol. The predicted molar refractivity (Wildman–Crippen MR) is 106 cm³/mol. The highest BCUT2D eigenvalue weighted by Crippen LogP contribution is 2.25. The van der Waals surface area contributed by atoms with Crippen LogP contribution in [0.3, 0.4) is 0 Å². The van der Waals surface area contributed by atoms with Crippen molar-refractivity contribution in [3.8, 4) is 0 Å². The maximum atomic E-state index is 6.06. The van der Waals surface area contributed by atoms with Gasteiger partial charge in [0.1, 0.15) is 0 Å². The van der Waals surface area contributed by atoms with Crippen molar-refractivity contribution in [3.05, 3.63) is 67.7 Å². The second-order valence-corrected chi connectivity index (χ2v) is 6.40. The third-order valence-electron chi connectivity index (χ3n) is 2.42. The summed E-state index contributed by atoms with van der Waals surface area (Å²) < 4.78 is 0. The van der Waals surface area contributed by atoms with E-state index in [1.54, 1.807) is 42.6 Å². The first-order valence-electron chi connectivity index (χ1n) is 6.01. The monoisotopic (exact) mass is 428 g/mol. The molecule has 0 unspecified atom stereocenters. The van der Waals surface area contributed by atoms with Crippen LogP contribution in [0.5, 0.6) is 0 Å². The third kappa shape index (κ3) is 7.21. The molecule has 0 aliphatic heterocycles. The molecule has 0 saturated heterocycles. The van der Waals surface area contributed by atoms with E-state index in [0.717, 1.165) is 5.69 Å². The maximum Gasteiger partial charge on any atom is 0.0748 e. The van der Waals surface area contributed by atoms with Crippen LogP contribution in [0.2, 0.25) is 20.1 Å². The first-order chi connectivity index (χ1) is 10.4. The van der Waals surface area contributed by atoms with Crippen molar-refractivity contribution < 1.29 is 0 Å². The lowest BCUT2D eigenvalue weighted by Crippen LogP contribution is -1.89. The van der Waals surface area contributed by atoms with Crippen molar-refractivity contribution in [2.24, 2.45) is 4.99 Å². The smallest absolute Gasteiger partial charge is 0.0748 e. The van der Waals surface area contributed by atoms with Gasteiger partial charge in [0.2, 0.25) is 0 Å². The largest absolute Gasteiger partial charge is 0.360 e. The summed E-state index contributed by atoms with van der Waals surface area (Å²) in [5, 5.41) is 5.43. The zero-order chi connectivity index (χ0) is 16.1. The number of nitrogens with one attached hydrogen (secondary N) is 1. The first-order valence-corrected chi connectivity index (χ1v) is 7.90. The van der Waals surface area contributed by atoms with Crippen molar-refractivity contribution in [3.63, 3.8) is 0 Å². The number of benzene rings is 2. The Balaban J connectivity index is 0.00000264. The van der Waals surface area contributed by atoms with Crippen LogP contribution in [0.25, 0.3) is 0 Å². The van der Waals surface area contributed by atoms with E-state index in [4.69, 9.17) is 58.0 Å². The molecule has 2 nitrogen and oxygen atoms in total. The van der Waals surface area contributed by atoms with E-state index in [0.29, 0.717) is 30.8 Å². The molecule has 23 heavy (non-hydrogen) atoms. The van der Waals surface area contributed by atoms with E-state index in [1.165, 1.54) is 6.21 Å². The maximum absolute atomic E-state index is 6.06. The molecular weight excluding hydrogens is 421 g/mol. The molecule has 2 aromatic carbocycles. The summed E-state index contributed by atoms with van der Waals surface area (Å²) in [6, 6.07) is 10.1. The van der Waals surface area contributed by atoms with Gasteiger partial charge in [-0.2, -0.15) is 0 Å². The second-order valence-electron chi connectivity index (χ2n) is 4.22. The van der Waals surface area contributed by atoms with E-state index in [-0.39, 0.29) is 12.4 Å². The van der Waals surface area contributed by atoms with Gasteiger partial charge in [0.15, 0.2) is 0 Å². The van der Waals surface area contributed by atoms with Crippen LogP contribution in [-0.2, 0) is 0 Å². The highest BCUT2D eigenvalue weighted by molar-refractivity contribution is 6.39. The standard InChI is InChI=1S/C15H9Cl5N2.ClH/c16-9-1-10(17)4-14(3-9)21-7-13(20)8-22-15-5-11(18)2-12(19)6-15;/h1-8,21H;1H/b13-7+,22-8?;. The number of anilines is 1. The Morgan fingerprint density at radius 1 is 0.826 bits per heavy atom. The molecule has 0 aromatic heterocycles. The molecule has 8 heteroatoms. The Morgan fingerprint density at radius 2 is 1.30 bits per heavy atom. The Bertz CT molecular complexity index is 702. The predicted octanol–water partition coefficient (Wildman–Crippen LogP) is 7.62. The van der Waals surface area contributed by atoms with Gasteiger partial charge in [0, 0.05) is 38.2 Å². The van der Waals surface area contributed by atoms with Crippen molar-refractivity contribution in [1.82, 2.24) is 0 Å². The van der Waals surface area contributed by atoms with Crippen LogP contribution in [0, 0.1) is 0 Å². The Morgan fingerprint density at radius 3 is 1.83 bits per heavy atom. The molecule has 0 heterocycles. The van der Waals surface area contributed by atoms with Gasteiger partial charge in [0.05, 0.1) is 10.7 Å². The van der Waals surface area contributed by atoms with Gasteiger partial charge in [-0.25, -0.2) is 0 Å². The lowest BCUT2D eigenvalue weighted by molar-refractivity contribution is 1.53. The summed E-state index contributed by atoms with van der Waals surface area (Å²) in [5.41, 5.74) is 1.32. The molecule has 0 spiro atoms. The van der Waals surface area contributed by atoms with Crippen LogP contribution < -0.4 is 5.32 Å². The Hall–Kier alpha value is -0.610. The van der Waals surface area contributed by atoms with E-state index in [2.05, 4.69) is 10.3 Å². The molecular formula is C15H10Cl6N2. The van der Waals surface area contributed by atoms with Crippen molar-refractivity contribution in [2.45, 2.75) is 0 Å². The number of rotatable bonds is 4. The average Bonchev–Trinajstić information content (AvgIpc) is 2.41. The molecule has 122 valence electrons. The zero-order valence-corrected chi connectivity index (χ0v) is 16.0. The number of hydrogen-bond donors (Lipinski definition) is 1. The van der Waals surface area contributed by atoms with Gasteiger partial charge in [-0.05, 0) is 36.4 Å². The van der Waals surface area contributed by atoms with Gasteiger partial charge < -0.3 is 5.32 Å². The molecule has 0 aliphatic carbocycles. The minimum Gasteiger partial charge on any atom is -0.360 e. The van der Waals surface area contributed by atoms with E-state index >= 15 is 0 Å². The zero-order valence-electron chi connectivity index (χ0n) is 11.4. The van der Waals surface area contributed by atoms with Crippen molar-refractivity contribution >= 4 is 88.0 Å². The first kappa shape index (κ1) is 20.4. The summed E-state index contributed by atoms with van der Waals surface area (Å²) in [5.74, 6) is 0. The fourth-order valence-electron chi connectivity index (χ4n) is 1.58. The quantitative estimate of drug-likeness (QED) is 0.495. The summed E-state index contributed by atoms with van der Waals surface area (Å²) in [7, 11) is 0. The van der Waals surface area contributed by atoms with Crippen LogP contribution >= 0.6 is 70.4 Å². The van der Waals surface area contributed by atoms with Gasteiger partial charge >= 0.3 is 0 Å². The van der Waals surface area contributed by atoms with E-state index in [1.807, 2.05) is 0 Å². The van der Waals surface area contributed by atoms with Crippen LogP contribution in [0.15, 0.2) is 52.6 Å². The van der Waals surface area contributed by atoms with Crippen molar-refractivity contribution in [2.75, 3.05) is 5.32 Å². The minimum absolute atomic E-state index is 0. The van der Waals surface area contributed by atoms with E-state index < -0.39 is 0 Å². The topological polar surface area (TPSA) is 24.4 Å². The van der Waals surface area contributed by atoms with Gasteiger partial charge in [-0.3, -0.25) is 4.99 Å².